The van der Waals surface area contributed by atoms with Crippen LogP contribution in [-0.4, -0.2) is 23.9 Å². The number of benzene rings is 2. The van der Waals surface area contributed by atoms with E-state index in [0.29, 0.717) is 0 Å². The van der Waals surface area contributed by atoms with E-state index in [9.17, 15) is 4.79 Å². The number of likely N-dealkylation sites (tertiary alicyclic amines) is 1. The van der Waals surface area contributed by atoms with Gasteiger partial charge in [-0.3, -0.25) is 9.69 Å². The van der Waals surface area contributed by atoms with Crippen molar-refractivity contribution in [2.75, 3.05) is 13.1 Å². The first-order valence-electron chi connectivity index (χ1n) is 10.2. The van der Waals surface area contributed by atoms with Crippen LogP contribution >= 0.6 is 0 Å². The van der Waals surface area contributed by atoms with E-state index in [2.05, 4.69) is 79.5 Å². The van der Waals surface area contributed by atoms with Gasteiger partial charge in [-0.25, -0.2) is 0 Å². The molecule has 3 nitrogen and oxygen atoms in total. The van der Waals surface area contributed by atoms with Crippen LogP contribution in [0.5, 0.6) is 0 Å². The maximum absolute atomic E-state index is 12.7. The third-order valence-corrected chi connectivity index (χ3v) is 5.69. The van der Waals surface area contributed by atoms with Gasteiger partial charge in [-0.1, -0.05) is 61.0 Å². The minimum absolute atomic E-state index is 0.0636. The second kappa shape index (κ2) is 9.18. The van der Waals surface area contributed by atoms with Crippen LogP contribution in [0, 0.1) is 12.8 Å². The highest BCUT2D eigenvalue weighted by molar-refractivity contribution is 5.79. The van der Waals surface area contributed by atoms with Crippen molar-refractivity contribution in [2.24, 2.45) is 5.92 Å². The maximum atomic E-state index is 12.7. The Morgan fingerprint density at radius 3 is 2.44 bits per heavy atom. The Labute approximate surface area is 163 Å². The fraction of sp³-hybridized carbons (Fsp3) is 0.458. The Hall–Kier alpha value is -2.13. The van der Waals surface area contributed by atoms with Gasteiger partial charge in [0.2, 0.25) is 5.91 Å². The number of hydrogen-bond acceptors (Lipinski definition) is 2. The number of piperidine rings is 1. The normalized spacial score (nSPS) is 16.9. The van der Waals surface area contributed by atoms with Gasteiger partial charge in [-0.15, -0.1) is 0 Å². The Kier molecular flexibility index (Phi) is 6.68. The molecule has 0 spiro atoms. The van der Waals surface area contributed by atoms with Gasteiger partial charge in [0.05, 0.1) is 6.04 Å². The van der Waals surface area contributed by atoms with Crippen molar-refractivity contribution < 1.29 is 4.79 Å². The molecule has 27 heavy (non-hydrogen) atoms. The lowest BCUT2D eigenvalue weighted by Crippen LogP contribution is -2.40. The largest absolute Gasteiger partial charge is 0.349 e. The molecule has 3 rings (SSSR count). The summed E-state index contributed by atoms with van der Waals surface area (Å²) in [6.07, 6.45) is 2.93. The zero-order valence-electron chi connectivity index (χ0n) is 16.9. The SMILES string of the molecule is CCc1ccc(C(C)NC(=O)C2CCN(Cc3cccc(C)c3)CC2)cc1. The summed E-state index contributed by atoms with van der Waals surface area (Å²) in [5.74, 6) is 0.341. The Bertz CT molecular complexity index is 745. The van der Waals surface area contributed by atoms with Crippen molar-refractivity contribution in [3.8, 4) is 0 Å². The minimum Gasteiger partial charge on any atom is -0.349 e. The molecule has 1 aliphatic rings. The van der Waals surface area contributed by atoms with E-state index in [1.807, 2.05) is 0 Å². The maximum Gasteiger partial charge on any atom is 0.223 e. The van der Waals surface area contributed by atoms with Crippen molar-refractivity contribution in [1.82, 2.24) is 10.2 Å². The highest BCUT2D eigenvalue weighted by Gasteiger charge is 2.26. The van der Waals surface area contributed by atoms with E-state index in [0.717, 1.165) is 38.9 Å². The predicted molar refractivity (Wildman–Crippen MR) is 112 cm³/mol. The molecule has 1 fully saturated rings. The average molecular weight is 365 g/mol. The molecule has 3 heteroatoms. The topological polar surface area (TPSA) is 32.3 Å². The zero-order valence-corrected chi connectivity index (χ0v) is 16.9. The van der Waals surface area contributed by atoms with Gasteiger partial charge in [0.15, 0.2) is 0 Å². The third kappa shape index (κ3) is 5.43. The molecule has 0 bridgehead atoms. The van der Waals surface area contributed by atoms with E-state index in [4.69, 9.17) is 0 Å². The minimum atomic E-state index is 0.0636. The summed E-state index contributed by atoms with van der Waals surface area (Å²) in [6.45, 7) is 9.34. The highest BCUT2D eigenvalue weighted by atomic mass is 16.1. The molecular weight excluding hydrogens is 332 g/mol. The molecule has 1 saturated heterocycles. The smallest absolute Gasteiger partial charge is 0.223 e. The average Bonchev–Trinajstić information content (AvgIpc) is 2.68. The third-order valence-electron chi connectivity index (χ3n) is 5.69. The first-order chi connectivity index (χ1) is 13.0. The summed E-state index contributed by atoms with van der Waals surface area (Å²) in [6, 6.07) is 17.3. The number of hydrogen-bond donors (Lipinski definition) is 1. The van der Waals surface area contributed by atoms with E-state index >= 15 is 0 Å². The number of carbonyl (C=O) groups excluding carboxylic acids is 1. The molecule has 1 aliphatic heterocycles. The van der Waals surface area contributed by atoms with Gasteiger partial charge in [-0.2, -0.15) is 0 Å². The summed E-state index contributed by atoms with van der Waals surface area (Å²) in [4.78, 5) is 15.1. The monoisotopic (exact) mass is 364 g/mol. The Morgan fingerprint density at radius 2 is 1.81 bits per heavy atom. The molecule has 1 unspecified atom stereocenters. The molecule has 1 amide bonds. The van der Waals surface area contributed by atoms with Gasteiger partial charge in [0.25, 0.3) is 0 Å². The summed E-state index contributed by atoms with van der Waals surface area (Å²) in [7, 11) is 0. The fourth-order valence-electron chi connectivity index (χ4n) is 3.88. The summed E-state index contributed by atoms with van der Waals surface area (Å²) < 4.78 is 0. The van der Waals surface area contributed by atoms with Crippen LogP contribution in [0.1, 0.15) is 55.0 Å². The van der Waals surface area contributed by atoms with E-state index in [1.165, 1.54) is 22.3 Å². The standard InChI is InChI=1S/C24H32N2O/c1-4-20-8-10-22(11-9-20)19(3)25-24(27)23-12-14-26(15-13-23)17-21-7-5-6-18(2)16-21/h5-11,16,19,23H,4,12-15,17H2,1-3H3,(H,25,27). The lowest BCUT2D eigenvalue weighted by Gasteiger charge is -2.32. The Balaban J connectivity index is 1.47. The first kappa shape index (κ1) is 19.6. The van der Waals surface area contributed by atoms with Crippen LogP contribution in [-0.2, 0) is 17.8 Å². The second-order valence-electron chi connectivity index (χ2n) is 7.86. The van der Waals surface area contributed by atoms with Gasteiger partial charge >= 0.3 is 0 Å². The lowest BCUT2D eigenvalue weighted by molar-refractivity contribution is -0.127. The van der Waals surface area contributed by atoms with Crippen LogP contribution in [0.15, 0.2) is 48.5 Å². The number of carbonyl (C=O) groups is 1. The van der Waals surface area contributed by atoms with Crippen LogP contribution in [0.3, 0.4) is 0 Å². The van der Waals surface area contributed by atoms with E-state index in [-0.39, 0.29) is 17.9 Å². The first-order valence-corrected chi connectivity index (χ1v) is 10.2. The molecule has 2 aromatic carbocycles. The van der Waals surface area contributed by atoms with Gasteiger partial charge in [0, 0.05) is 12.5 Å². The summed E-state index contributed by atoms with van der Waals surface area (Å²) in [5.41, 5.74) is 5.18. The second-order valence-corrected chi connectivity index (χ2v) is 7.86. The van der Waals surface area contributed by atoms with Crippen molar-refractivity contribution >= 4 is 5.91 Å². The zero-order chi connectivity index (χ0) is 19.2. The molecule has 1 N–H and O–H groups in total. The molecular formula is C24H32N2O. The lowest BCUT2D eigenvalue weighted by atomic mass is 9.94. The van der Waals surface area contributed by atoms with Crippen molar-refractivity contribution in [2.45, 2.75) is 52.6 Å². The van der Waals surface area contributed by atoms with Gasteiger partial charge in [0.1, 0.15) is 0 Å². The highest BCUT2D eigenvalue weighted by Crippen LogP contribution is 2.21. The molecule has 0 aliphatic carbocycles. The van der Waals surface area contributed by atoms with Crippen LogP contribution in [0.2, 0.25) is 0 Å². The molecule has 1 heterocycles. The Morgan fingerprint density at radius 1 is 1.11 bits per heavy atom. The number of amides is 1. The van der Waals surface area contributed by atoms with Crippen molar-refractivity contribution in [1.29, 1.82) is 0 Å². The molecule has 1 atom stereocenters. The van der Waals surface area contributed by atoms with Gasteiger partial charge in [-0.05, 0) is 62.9 Å². The summed E-state index contributed by atoms with van der Waals surface area (Å²) in [5, 5.41) is 3.22. The van der Waals surface area contributed by atoms with Crippen molar-refractivity contribution in [3.63, 3.8) is 0 Å². The van der Waals surface area contributed by atoms with Crippen LogP contribution in [0.25, 0.3) is 0 Å². The number of nitrogens with one attached hydrogen (secondary N) is 1. The van der Waals surface area contributed by atoms with E-state index < -0.39 is 0 Å². The quantitative estimate of drug-likeness (QED) is 0.809. The number of aryl methyl sites for hydroxylation is 2. The fourth-order valence-corrected chi connectivity index (χ4v) is 3.88. The van der Waals surface area contributed by atoms with Crippen molar-refractivity contribution in [3.05, 3.63) is 70.8 Å². The van der Waals surface area contributed by atoms with Gasteiger partial charge < -0.3 is 5.32 Å². The van der Waals surface area contributed by atoms with Crippen LogP contribution in [0.4, 0.5) is 0 Å². The molecule has 144 valence electrons. The predicted octanol–water partition coefficient (Wildman–Crippen LogP) is 4.65. The number of rotatable bonds is 6. The number of nitrogens with zero attached hydrogens (tertiary/aromatic N) is 1. The molecule has 2 aromatic rings. The molecule has 0 saturated carbocycles. The molecule has 0 radical (unpaired) electrons. The summed E-state index contributed by atoms with van der Waals surface area (Å²) >= 11 is 0. The van der Waals surface area contributed by atoms with Crippen LogP contribution < -0.4 is 5.32 Å². The molecule has 0 aromatic heterocycles. The van der Waals surface area contributed by atoms with E-state index in [1.54, 1.807) is 0 Å².